The van der Waals surface area contributed by atoms with Crippen molar-refractivity contribution in [2.24, 2.45) is 0 Å². The van der Waals surface area contributed by atoms with Gasteiger partial charge in [-0.1, -0.05) is 6.07 Å². The molecule has 1 aliphatic heterocycles. The minimum Gasteiger partial charge on any atom is -0.493 e. The number of fused-ring (bicyclic) bond motifs is 1. The van der Waals surface area contributed by atoms with Crippen LogP contribution in [0.15, 0.2) is 18.2 Å². The number of hydrogen-bond donors (Lipinski definition) is 1. The standard InChI is InChI=1S/C15H18N2O2S/c1-9-17-11-6-7-16-14(15(11)20-9)10-4-5-12(18-2)13(8-10)19-3/h4-5,8,14,16H,6-7H2,1-3H3. The number of rotatable bonds is 3. The number of nitrogens with one attached hydrogen (secondary N) is 1. The Bertz CT molecular complexity index is 624. The zero-order valence-corrected chi connectivity index (χ0v) is 12.7. The molecule has 0 saturated heterocycles. The number of ether oxygens (including phenoxy) is 2. The van der Waals surface area contributed by atoms with Crippen LogP contribution >= 0.6 is 11.3 Å². The van der Waals surface area contributed by atoms with Crippen LogP contribution in [0, 0.1) is 6.92 Å². The molecule has 1 aromatic carbocycles. The fraction of sp³-hybridized carbons (Fsp3) is 0.400. The average Bonchev–Trinajstić information content (AvgIpc) is 2.86. The van der Waals surface area contributed by atoms with E-state index >= 15 is 0 Å². The van der Waals surface area contributed by atoms with Crippen LogP contribution in [0.1, 0.15) is 27.2 Å². The normalized spacial score (nSPS) is 17.6. The number of hydrogen-bond acceptors (Lipinski definition) is 5. The zero-order valence-electron chi connectivity index (χ0n) is 11.9. The highest BCUT2D eigenvalue weighted by molar-refractivity contribution is 7.11. The lowest BCUT2D eigenvalue weighted by Crippen LogP contribution is -2.29. The quantitative estimate of drug-likeness (QED) is 0.944. The van der Waals surface area contributed by atoms with Crippen molar-refractivity contribution < 1.29 is 9.47 Å². The van der Waals surface area contributed by atoms with Crippen LogP contribution < -0.4 is 14.8 Å². The molecule has 1 atom stereocenters. The first kappa shape index (κ1) is 13.4. The third-order valence-electron chi connectivity index (χ3n) is 3.55. The molecule has 2 heterocycles. The second-order valence-corrected chi connectivity index (χ2v) is 6.03. The molecule has 0 fully saturated rings. The fourth-order valence-corrected chi connectivity index (χ4v) is 3.70. The number of aryl methyl sites for hydroxylation is 1. The molecule has 1 unspecified atom stereocenters. The van der Waals surface area contributed by atoms with Gasteiger partial charge in [0.2, 0.25) is 0 Å². The van der Waals surface area contributed by atoms with Crippen molar-refractivity contribution in [1.82, 2.24) is 10.3 Å². The molecule has 1 aromatic heterocycles. The SMILES string of the molecule is COc1ccc(C2NCCc3nc(C)sc32)cc1OC. The Labute approximate surface area is 122 Å². The Morgan fingerprint density at radius 1 is 1.25 bits per heavy atom. The molecule has 0 radical (unpaired) electrons. The predicted molar refractivity (Wildman–Crippen MR) is 79.9 cm³/mol. The van der Waals surface area contributed by atoms with Crippen molar-refractivity contribution in [2.75, 3.05) is 20.8 Å². The van der Waals surface area contributed by atoms with Crippen molar-refractivity contribution in [3.05, 3.63) is 39.3 Å². The number of aromatic nitrogens is 1. The van der Waals surface area contributed by atoms with E-state index in [4.69, 9.17) is 9.47 Å². The minimum absolute atomic E-state index is 0.199. The molecule has 2 aromatic rings. The van der Waals surface area contributed by atoms with Crippen molar-refractivity contribution in [3.63, 3.8) is 0 Å². The molecule has 5 heteroatoms. The Balaban J connectivity index is 2.01. The molecular weight excluding hydrogens is 272 g/mol. The third kappa shape index (κ3) is 2.27. The van der Waals surface area contributed by atoms with Gasteiger partial charge in [-0.2, -0.15) is 0 Å². The van der Waals surface area contributed by atoms with Crippen LogP contribution in [0.4, 0.5) is 0 Å². The molecule has 3 rings (SSSR count). The van der Waals surface area contributed by atoms with Gasteiger partial charge in [-0.3, -0.25) is 0 Å². The lowest BCUT2D eigenvalue weighted by Gasteiger charge is -2.24. The van der Waals surface area contributed by atoms with Crippen LogP contribution in [0.5, 0.6) is 11.5 Å². The van der Waals surface area contributed by atoms with E-state index in [1.807, 2.05) is 12.1 Å². The van der Waals surface area contributed by atoms with Gasteiger partial charge < -0.3 is 14.8 Å². The van der Waals surface area contributed by atoms with Gasteiger partial charge in [0.25, 0.3) is 0 Å². The van der Waals surface area contributed by atoms with E-state index in [-0.39, 0.29) is 6.04 Å². The molecule has 0 spiro atoms. The average molecular weight is 290 g/mol. The summed E-state index contributed by atoms with van der Waals surface area (Å²) in [6, 6.07) is 6.28. The number of nitrogens with zero attached hydrogens (tertiary/aromatic N) is 1. The first-order valence-electron chi connectivity index (χ1n) is 6.64. The topological polar surface area (TPSA) is 43.4 Å². The smallest absolute Gasteiger partial charge is 0.161 e. The highest BCUT2D eigenvalue weighted by atomic mass is 32.1. The Hall–Kier alpha value is -1.59. The third-order valence-corrected chi connectivity index (χ3v) is 4.63. The highest BCUT2D eigenvalue weighted by Gasteiger charge is 2.25. The van der Waals surface area contributed by atoms with Crippen molar-refractivity contribution in [3.8, 4) is 11.5 Å². The zero-order chi connectivity index (χ0) is 14.1. The monoisotopic (exact) mass is 290 g/mol. The number of benzene rings is 1. The molecular formula is C15H18N2O2S. The van der Waals surface area contributed by atoms with E-state index in [1.165, 1.54) is 16.1 Å². The van der Waals surface area contributed by atoms with E-state index in [0.717, 1.165) is 29.5 Å². The lowest BCUT2D eigenvalue weighted by molar-refractivity contribution is 0.354. The largest absolute Gasteiger partial charge is 0.493 e. The molecule has 106 valence electrons. The van der Waals surface area contributed by atoms with E-state index in [9.17, 15) is 0 Å². The van der Waals surface area contributed by atoms with Crippen LogP contribution in [0.2, 0.25) is 0 Å². The van der Waals surface area contributed by atoms with Gasteiger partial charge in [0.15, 0.2) is 11.5 Å². The van der Waals surface area contributed by atoms with Gasteiger partial charge in [-0.15, -0.1) is 11.3 Å². The van der Waals surface area contributed by atoms with E-state index < -0.39 is 0 Å². The minimum atomic E-state index is 0.199. The molecule has 1 aliphatic rings. The van der Waals surface area contributed by atoms with Crippen LogP contribution in [0.25, 0.3) is 0 Å². The second kappa shape index (κ2) is 5.42. The second-order valence-electron chi connectivity index (χ2n) is 4.80. The molecule has 0 saturated carbocycles. The van der Waals surface area contributed by atoms with Gasteiger partial charge in [-0.05, 0) is 24.6 Å². The summed E-state index contributed by atoms with van der Waals surface area (Å²) in [6.45, 7) is 3.02. The molecule has 0 bridgehead atoms. The summed E-state index contributed by atoms with van der Waals surface area (Å²) in [6.07, 6.45) is 1.00. The highest BCUT2D eigenvalue weighted by Crippen LogP contribution is 2.36. The van der Waals surface area contributed by atoms with Gasteiger partial charge in [0.1, 0.15) is 0 Å². The maximum atomic E-state index is 5.40. The van der Waals surface area contributed by atoms with Crippen molar-refractivity contribution in [2.45, 2.75) is 19.4 Å². The van der Waals surface area contributed by atoms with E-state index in [2.05, 4.69) is 23.3 Å². The van der Waals surface area contributed by atoms with Crippen LogP contribution in [-0.4, -0.2) is 25.7 Å². The summed E-state index contributed by atoms with van der Waals surface area (Å²) in [5.74, 6) is 1.52. The maximum Gasteiger partial charge on any atom is 0.161 e. The van der Waals surface area contributed by atoms with Crippen LogP contribution in [-0.2, 0) is 6.42 Å². The fourth-order valence-electron chi connectivity index (χ4n) is 2.62. The van der Waals surface area contributed by atoms with Gasteiger partial charge in [0.05, 0.1) is 31.0 Å². The lowest BCUT2D eigenvalue weighted by atomic mass is 9.99. The summed E-state index contributed by atoms with van der Waals surface area (Å²) >= 11 is 1.77. The summed E-state index contributed by atoms with van der Waals surface area (Å²) < 4.78 is 10.7. The Kier molecular flexibility index (Phi) is 3.63. The number of thiazole rings is 1. The summed E-state index contributed by atoms with van der Waals surface area (Å²) in [7, 11) is 3.32. The Morgan fingerprint density at radius 2 is 2.05 bits per heavy atom. The number of methoxy groups -OCH3 is 2. The first-order valence-corrected chi connectivity index (χ1v) is 7.46. The summed E-state index contributed by atoms with van der Waals surface area (Å²) in [5.41, 5.74) is 2.42. The van der Waals surface area contributed by atoms with Crippen molar-refractivity contribution >= 4 is 11.3 Å². The van der Waals surface area contributed by atoms with Gasteiger partial charge in [0, 0.05) is 17.8 Å². The summed E-state index contributed by atoms with van der Waals surface area (Å²) in [5, 5.41) is 4.70. The summed E-state index contributed by atoms with van der Waals surface area (Å²) in [4.78, 5) is 5.95. The molecule has 20 heavy (non-hydrogen) atoms. The van der Waals surface area contributed by atoms with Gasteiger partial charge >= 0.3 is 0 Å². The van der Waals surface area contributed by atoms with Crippen LogP contribution in [0.3, 0.4) is 0 Å². The van der Waals surface area contributed by atoms with Crippen molar-refractivity contribution in [1.29, 1.82) is 0 Å². The molecule has 4 nitrogen and oxygen atoms in total. The van der Waals surface area contributed by atoms with Gasteiger partial charge in [-0.25, -0.2) is 4.98 Å². The molecule has 1 N–H and O–H groups in total. The Morgan fingerprint density at radius 3 is 2.80 bits per heavy atom. The molecule has 0 aliphatic carbocycles. The van der Waals surface area contributed by atoms with E-state index in [0.29, 0.717) is 0 Å². The molecule has 0 amide bonds. The predicted octanol–water partition coefficient (Wildman–Crippen LogP) is 2.70. The van der Waals surface area contributed by atoms with E-state index in [1.54, 1.807) is 25.6 Å². The first-order chi connectivity index (χ1) is 9.72. The maximum absolute atomic E-state index is 5.40.